The second-order valence-electron chi connectivity index (χ2n) is 5.42. The average molecular weight is 258 g/mol. The molecule has 1 N–H and O–H groups in total. The quantitative estimate of drug-likeness (QED) is 0.836. The van der Waals surface area contributed by atoms with Crippen LogP contribution in [0.3, 0.4) is 0 Å². The van der Waals surface area contributed by atoms with Gasteiger partial charge in [0.2, 0.25) is 0 Å². The molecule has 3 unspecified atom stereocenters. The number of anilines is 1. The number of fused-ring (bicyclic) bond motifs is 2. The zero-order valence-electron chi connectivity index (χ0n) is 10.6. The van der Waals surface area contributed by atoms with Gasteiger partial charge in [-0.05, 0) is 49.5 Å². The summed E-state index contributed by atoms with van der Waals surface area (Å²) in [5, 5.41) is 13.0. The molecule has 1 aromatic rings. The summed E-state index contributed by atoms with van der Waals surface area (Å²) in [5.74, 6) is 1.77. The fraction of sp³-hybridized carbons (Fsp3) is 0.533. The highest BCUT2D eigenvalue weighted by Gasteiger charge is 2.39. The molecule has 0 spiro atoms. The van der Waals surface area contributed by atoms with Crippen molar-refractivity contribution >= 4 is 17.4 Å². The first kappa shape index (κ1) is 11.9. The molecule has 2 aliphatic carbocycles. The summed E-state index contributed by atoms with van der Waals surface area (Å²) in [6, 6.07) is 9.05. The predicted octanol–water partition coefficient (Wildman–Crippen LogP) is 3.88. The molecule has 1 aromatic carbocycles. The van der Waals surface area contributed by atoms with Gasteiger partial charge in [0.1, 0.15) is 6.07 Å². The number of rotatable bonds is 3. The Labute approximate surface area is 113 Å². The third-order valence-corrected chi connectivity index (χ3v) is 5.22. The lowest BCUT2D eigenvalue weighted by Gasteiger charge is -2.24. The van der Waals surface area contributed by atoms with Gasteiger partial charge in [-0.1, -0.05) is 12.5 Å². The van der Waals surface area contributed by atoms with Crippen LogP contribution in [0.5, 0.6) is 0 Å². The van der Waals surface area contributed by atoms with E-state index in [1.54, 1.807) is 11.8 Å². The van der Waals surface area contributed by atoms with E-state index in [0.29, 0.717) is 6.04 Å². The van der Waals surface area contributed by atoms with E-state index in [2.05, 4.69) is 11.4 Å². The van der Waals surface area contributed by atoms with Crippen LogP contribution in [0.1, 0.15) is 31.2 Å². The van der Waals surface area contributed by atoms with Gasteiger partial charge in [0.25, 0.3) is 0 Å². The van der Waals surface area contributed by atoms with Gasteiger partial charge in [-0.15, -0.1) is 11.8 Å². The number of nitrogens with one attached hydrogen (secondary N) is 1. The molecule has 3 atom stereocenters. The summed E-state index contributed by atoms with van der Waals surface area (Å²) in [7, 11) is 0. The first-order chi connectivity index (χ1) is 8.81. The zero-order valence-corrected chi connectivity index (χ0v) is 11.5. The molecule has 2 saturated carbocycles. The Kier molecular flexibility index (Phi) is 3.22. The molecule has 2 aliphatic rings. The maximum atomic E-state index is 9.33. The minimum absolute atomic E-state index is 0.591. The van der Waals surface area contributed by atoms with Crippen molar-refractivity contribution in [2.75, 3.05) is 11.6 Å². The molecule has 0 amide bonds. The van der Waals surface area contributed by atoms with Gasteiger partial charge in [0, 0.05) is 10.9 Å². The lowest BCUT2D eigenvalue weighted by atomic mass is 9.95. The van der Waals surface area contributed by atoms with E-state index in [0.717, 1.165) is 28.0 Å². The Morgan fingerprint density at radius 3 is 2.83 bits per heavy atom. The largest absolute Gasteiger partial charge is 0.381 e. The third kappa shape index (κ3) is 1.99. The van der Waals surface area contributed by atoms with Crippen LogP contribution < -0.4 is 5.32 Å². The minimum Gasteiger partial charge on any atom is -0.381 e. The maximum absolute atomic E-state index is 9.33. The highest BCUT2D eigenvalue weighted by molar-refractivity contribution is 7.98. The SMILES string of the molecule is CSc1cccc(NC2CC3CCC2C3)c1C#N. The smallest absolute Gasteiger partial charge is 0.102 e. The molecule has 2 nitrogen and oxygen atoms in total. The van der Waals surface area contributed by atoms with Crippen LogP contribution in [0.4, 0.5) is 5.69 Å². The normalized spacial score (nSPS) is 29.2. The topological polar surface area (TPSA) is 35.8 Å². The molecular weight excluding hydrogens is 240 g/mol. The molecule has 0 heterocycles. The van der Waals surface area contributed by atoms with Crippen LogP contribution in [0.15, 0.2) is 23.1 Å². The van der Waals surface area contributed by atoms with Crippen molar-refractivity contribution in [2.45, 2.75) is 36.6 Å². The van der Waals surface area contributed by atoms with Crippen LogP contribution in [0, 0.1) is 23.2 Å². The number of nitrogens with zero attached hydrogens (tertiary/aromatic N) is 1. The second kappa shape index (κ2) is 4.85. The van der Waals surface area contributed by atoms with E-state index in [1.807, 2.05) is 24.5 Å². The van der Waals surface area contributed by atoms with Crippen molar-refractivity contribution in [1.82, 2.24) is 0 Å². The molecule has 0 radical (unpaired) electrons. The van der Waals surface area contributed by atoms with E-state index in [4.69, 9.17) is 0 Å². The maximum Gasteiger partial charge on any atom is 0.102 e. The standard InChI is InChI=1S/C15H18N2S/c1-18-15-4-2-3-13(12(15)9-16)17-14-8-10-5-6-11(14)7-10/h2-4,10-11,14,17H,5-8H2,1H3. The van der Waals surface area contributed by atoms with Gasteiger partial charge >= 0.3 is 0 Å². The summed E-state index contributed by atoms with van der Waals surface area (Å²) in [4.78, 5) is 1.07. The van der Waals surface area contributed by atoms with Gasteiger partial charge in [0.15, 0.2) is 0 Å². The summed E-state index contributed by atoms with van der Waals surface area (Å²) < 4.78 is 0. The molecule has 0 aromatic heterocycles. The lowest BCUT2D eigenvalue weighted by Crippen LogP contribution is -2.26. The number of nitriles is 1. The van der Waals surface area contributed by atoms with Gasteiger partial charge in [0.05, 0.1) is 11.3 Å². The van der Waals surface area contributed by atoms with Crippen LogP contribution in [0.25, 0.3) is 0 Å². The molecule has 2 bridgehead atoms. The van der Waals surface area contributed by atoms with Crippen molar-refractivity contribution in [3.63, 3.8) is 0 Å². The molecule has 3 heteroatoms. The lowest BCUT2D eigenvalue weighted by molar-refractivity contribution is 0.439. The van der Waals surface area contributed by atoms with Crippen molar-refractivity contribution in [1.29, 1.82) is 5.26 Å². The third-order valence-electron chi connectivity index (χ3n) is 4.44. The first-order valence-electron chi connectivity index (χ1n) is 6.65. The Morgan fingerprint density at radius 2 is 2.22 bits per heavy atom. The molecule has 18 heavy (non-hydrogen) atoms. The van der Waals surface area contributed by atoms with Gasteiger partial charge in [-0.3, -0.25) is 0 Å². The number of hydrogen-bond donors (Lipinski definition) is 1. The summed E-state index contributed by atoms with van der Waals surface area (Å²) in [5.41, 5.74) is 1.84. The van der Waals surface area contributed by atoms with Crippen molar-refractivity contribution < 1.29 is 0 Å². The number of thioether (sulfide) groups is 1. The van der Waals surface area contributed by atoms with Crippen LogP contribution in [-0.2, 0) is 0 Å². The van der Waals surface area contributed by atoms with E-state index < -0.39 is 0 Å². The second-order valence-corrected chi connectivity index (χ2v) is 6.27. The Balaban J connectivity index is 1.83. The molecule has 0 aliphatic heterocycles. The number of benzene rings is 1. The molecule has 3 rings (SSSR count). The van der Waals surface area contributed by atoms with Crippen LogP contribution >= 0.6 is 11.8 Å². The fourth-order valence-corrected chi connectivity index (χ4v) is 4.13. The molecule has 0 saturated heterocycles. The van der Waals surface area contributed by atoms with Crippen molar-refractivity contribution in [3.05, 3.63) is 23.8 Å². The summed E-state index contributed by atoms with van der Waals surface area (Å²) >= 11 is 1.64. The highest BCUT2D eigenvalue weighted by Crippen LogP contribution is 2.45. The highest BCUT2D eigenvalue weighted by atomic mass is 32.2. The zero-order chi connectivity index (χ0) is 12.5. The van der Waals surface area contributed by atoms with E-state index >= 15 is 0 Å². The summed E-state index contributed by atoms with van der Waals surface area (Å²) in [6.07, 6.45) is 7.49. The molecular formula is C15H18N2S. The summed E-state index contributed by atoms with van der Waals surface area (Å²) in [6.45, 7) is 0. The van der Waals surface area contributed by atoms with Crippen molar-refractivity contribution in [2.24, 2.45) is 11.8 Å². The van der Waals surface area contributed by atoms with E-state index in [9.17, 15) is 5.26 Å². The first-order valence-corrected chi connectivity index (χ1v) is 7.88. The van der Waals surface area contributed by atoms with E-state index in [-0.39, 0.29) is 0 Å². The number of hydrogen-bond acceptors (Lipinski definition) is 3. The minimum atomic E-state index is 0.591. The van der Waals surface area contributed by atoms with Crippen molar-refractivity contribution in [3.8, 4) is 6.07 Å². The molecule has 94 valence electrons. The Hall–Kier alpha value is -1.14. The van der Waals surface area contributed by atoms with Gasteiger partial charge in [-0.25, -0.2) is 0 Å². The molecule has 2 fully saturated rings. The van der Waals surface area contributed by atoms with E-state index in [1.165, 1.54) is 25.7 Å². The predicted molar refractivity (Wildman–Crippen MR) is 75.8 cm³/mol. The fourth-order valence-electron chi connectivity index (χ4n) is 3.56. The Bertz CT molecular complexity index is 492. The van der Waals surface area contributed by atoms with Crippen LogP contribution in [-0.4, -0.2) is 12.3 Å². The van der Waals surface area contributed by atoms with Gasteiger partial charge in [-0.2, -0.15) is 5.26 Å². The van der Waals surface area contributed by atoms with Crippen LogP contribution in [0.2, 0.25) is 0 Å². The van der Waals surface area contributed by atoms with Gasteiger partial charge < -0.3 is 5.32 Å². The monoisotopic (exact) mass is 258 g/mol. The average Bonchev–Trinajstić information content (AvgIpc) is 3.00. The Morgan fingerprint density at radius 1 is 1.33 bits per heavy atom.